The van der Waals surface area contributed by atoms with Gasteiger partial charge in [-0.25, -0.2) is 0 Å². The molecule has 0 atom stereocenters. The summed E-state index contributed by atoms with van der Waals surface area (Å²) in [6.07, 6.45) is -1.65. The molecule has 0 saturated carbocycles. The van der Waals surface area contributed by atoms with E-state index < -0.39 is 23.6 Å². The minimum atomic E-state index is -4.51. The number of carbonyl (C=O) groups is 2. The van der Waals surface area contributed by atoms with Gasteiger partial charge < -0.3 is 0 Å². The lowest BCUT2D eigenvalue weighted by Gasteiger charge is -2.10. The van der Waals surface area contributed by atoms with E-state index in [9.17, 15) is 22.8 Å². The summed E-state index contributed by atoms with van der Waals surface area (Å²) in [7, 11) is 0. The molecule has 8 nitrogen and oxygen atoms in total. The van der Waals surface area contributed by atoms with Crippen LogP contribution in [-0.2, 0) is 6.18 Å². The first-order chi connectivity index (χ1) is 16.2. The van der Waals surface area contributed by atoms with E-state index in [0.29, 0.717) is 11.1 Å². The van der Waals surface area contributed by atoms with Crippen molar-refractivity contribution >= 4 is 23.7 Å². The molecule has 2 heterocycles. The Kier molecular flexibility index (Phi) is 6.09. The minimum absolute atomic E-state index is 0.0884. The fourth-order valence-electron chi connectivity index (χ4n) is 3.08. The molecule has 0 spiro atoms. The number of alkyl halides is 3. The van der Waals surface area contributed by atoms with Gasteiger partial charge in [0.1, 0.15) is 0 Å². The molecule has 0 unspecified atom stereocenters. The Morgan fingerprint density at radius 3 is 2.29 bits per heavy atom. The molecule has 4 aromatic rings. The second kappa shape index (κ2) is 9.14. The molecule has 0 fully saturated rings. The molecule has 0 saturated heterocycles. The van der Waals surface area contributed by atoms with Gasteiger partial charge in [0.05, 0.1) is 16.8 Å². The van der Waals surface area contributed by atoms with Crippen LogP contribution < -0.4 is 10.6 Å². The highest BCUT2D eigenvalue weighted by Crippen LogP contribution is 2.30. The van der Waals surface area contributed by atoms with Crippen molar-refractivity contribution in [2.24, 2.45) is 0 Å². The fraction of sp³-hybridized carbons (Fsp3) is 0.0870. The van der Waals surface area contributed by atoms with Gasteiger partial charge >= 0.3 is 6.18 Å². The lowest BCUT2D eigenvalue weighted by atomic mass is 10.1. The number of hydrogen-bond donors (Lipinski definition) is 2. The highest BCUT2D eigenvalue weighted by molar-refractivity contribution is 6.05. The fourth-order valence-corrected chi connectivity index (χ4v) is 3.08. The van der Waals surface area contributed by atoms with Crippen molar-refractivity contribution in [1.29, 1.82) is 0 Å². The second-order valence-corrected chi connectivity index (χ2v) is 7.18. The molecule has 0 aliphatic carbocycles. The number of pyridine rings is 1. The number of aromatic nitrogens is 4. The number of aryl methyl sites for hydroxylation is 1. The van der Waals surface area contributed by atoms with Crippen LogP contribution in [0.3, 0.4) is 0 Å². The van der Waals surface area contributed by atoms with Gasteiger partial charge in [-0.3, -0.25) is 25.2 Å². The molecule has 0 bridgehead atoms. The van der Waals surface area contributed by atoms with E-state index >= 15 is 0 Å². The SMILES string of the molecule is Cc1ccccc1C(=O)Nc1nc(NC(=O)c2cccnc2)nn1-c1ccc(C(F)(F)F)cc1. The molecule has 2 N–H and O–H groups in total. The van der Waals surface area contributed by atoms with E-state index in [1.807, 2.05) is 0 Å². The topological polar surface area (TPSA) is 102 Å². The van der Waals surface area contributed by atoms with Crippen LogP contribution in [0.4, 0.5) is 25.1 Å². The van der Waals surface area contributed by atoms with Crippen LogP contribution in [0.25, 0.3) is 5.69 Å². The molecule has 4 rings (SSSR count). The lowest BCUT2D eigenvalue weighted by molar-refractivity contribution is -0.137. The summed E-state index contributed by atoms with van der Waals surface area (Å²) in [4.78, 5) is 33.3. The van der Waals surface area contributed by atoms with E-state index in [4.69, 9.17) is 0 Å². The molecule has 0 aliphatic heterocycles. The zero-order valence-electron chi connectivity index (χ0n) is 17.7. The van der Waals surface area contributed by atoms with E-state index in [2.05, 4.69) is 25.7 Å². The van der Waals surface area contributed by atoms with Gasteiger partial charge in [-0.1, -0.05) is 18.2 Å². The van der Waals surface area contributed by atoms with Gasteiger partial charge in [0.15, 0.2) is 0 Å². The molecule has 2 aromatic carbocycles. The first-order valence-corrected chi connectivity index (χ1v) is 9.95. The van der Waals surface area contributed by atoms with Gasteiger partial charge in [-0.15, -0.1) is 5.10 Å². The number of nitrogens with zero attached hydrogens (tertiary/aromatic N) is 4. The quantitative estimate of drug-likeness (QED) is 0.451. The van der Waals surface area contributed by atoms with Crippen LogP contribution >= 0.6 is 0 Å². The van der Waals surface area contributed by atoms with Gasteiger partial charge in [-0.2, -0.15) is 22.8 Å². The number of hydrogen-bond acceptors (Lipinski definition) is 5. The van der Waals surface area contributed by atoms with E-state index in [0.717, 1.165) is 16.8 Å². The van der Waals surface area contributed by atoms with Crippen molar-refractivity contribution < 1.29 is 22.8 Å². The third-order valence-electron chi connectivity index (χ3n) is 4.81. The smallest absolute Gasteiger partial charge is 0.290 e. The standard InChI is InChI=1S/C23H17F3N6O2/c1-14-5-2-3-7-18(14)20(34)29-22-30-21(28-19(33)15-6-4-12-27-13-15)31-32(22)17-10-8-16(9-11-17)23(24,25)26/h2-13H,1H3,(H2,28,29,30,31,33,34). The zero-order chi connectivity index (χ0) is 24.3. The van der Waals surface area contributed by atoms with Crippen molar-refractivity contribution in [2.45, 2.75) is 13.1 Å². The third kappa shape index (κ3) is 4.93. The number of amides is 2. The number of halogens is 3. The van der Waals surface area contributed by atoms with Crippen LogP contribution in [0, 0.1) is 6.92 Å². The third-order valence-corrected chi connectivity index (χ3v) is 4.81. The van der Waals surface area contributed by atoms with Crippen molar-refractivity contribution in [1.82, 2.24) is 19.7 Å². The van der Waals surface area contributed by atoms with Crippen LogP contribution in [0.2, 0.25) is 0 Å². The summed E-state index contributed by atoms with van der Waals surface area (Å²) >= 11 is 0. The highest BCUT2D eigenvalue weighted by atomic mass is 19.4. The molecule has 34 heavy (non-hydrogen) atoms. The minimum Gasteiger partial charge on any atom is -0.290 e. The Labute approximate surface area is 191 Å². The Morgan fingerprint density at radius 2 is 1.65 bits per heavy atom. The van der Waals surface area contributed by atoms with E-state index in [-0.39, 0.29) is 23.1 Å². The summed E-state index contributed by atoms with van der Waals surface area (Å²) in [5.74, 6) is -1.29. The van der Waals surface area contributed by atoms with Gasteiger partial charge in [-0.05, 0) is 55.0 Å². The van der Waals surface area contributed by atoms with Gasteiger partial charge in [0.25, 0.3) is 17.8 Å². The molecule has 2 amide bonds. The van der Waals surface area contributed by atoms with Gasteiger partial charge in [0.2, 0.25) is 5.95 Å². The summed E-state index contributed by atoms with van der Waals surface area (Å²) in [6.45, 7) is 1.76. The van der Waals surface area contributed by atoms with Crippen molar-refractivity contribution in [3.63, 3.8) is 0 Å². The zero-order valence-corrected chi connectivity index (χ0v) is 17.7. The first kappa shape index (κ1) is 22.6. The normalized spacial score (nSPS) is 11.2. The molecular formula is C23H17F3N6O2. The average Bonchev–Trinajstić information content (AvgIpc) is 3.21. The Hall–Kier alpha value is -4.54. The summed E-state index contributed by atoms with van der Waals surface area (Å²) in [5, 5.41) is 9.27. The summed E-state index contributed by atoms with van der Waals surface area (Å²) < 4.78 is 40.0. The van der Waals surface area contributed by atoms with Crippen LogP contribution in [-0.4, -0.2) is 31.6 Å². The Morgan fingerprint density at radius 1 is 0.912 bits per heavy atom. The number of rotatable bonds is 5. The van der Waals surface area contributed by atoms with Gasteiger partial charge in [0, 0.05) is 18.0 Å². The van der Waals surface area contributed by atoms with Crippen LogP contribution in [0.15, 0.2) is 73.1 Å². The Bertz CT molecular complexity index is 1340. The average molecular weight is 466 g/mol. The number of benzene rings is 2. The van der Waals surface area contributed by atoms with Crippen molar-refractivity contribution in [3.8, 4) is 5.69 Å². The molecule has 0 radical (unpaired) electrons. The maximum atomic E-state index is 13.0. The largest absolute Gasteiger partial charge is 0.416 e. The molecule has 0 aliphatic rings. The number of carbonyl (C=O) groups excluding carboxylic acids is 2. The highest BCUT2D eigenvalue weighted by Gasteiger charge is 2.30. The van der Waals surface area contributed by atoms with E-state index in [1.54, 1.807) is 37.3 Å². The maximum absolute atomic E-state index is 13.0. The molecular weight excluding hydrogens is 449 g/mol. The second-order valence-electron chi connectivity index (χ2n) is 7.18. The molecule has 11 heteroatoms. The molecule has 172 valence electrons. The number of anilines is 2. The van der Waals surface area contributed by atoms with Crippen LogP contribution in [0.1, 0.15) is 31.8 Å². The Balaban J connectivity index is 1.68. The maximum Gasteiger partial charge on any atom is 0.416 e. The van der Waals surface area contributed by atoms with E-state index in [1.165, 1.54) is 30.6 Å². The summed E-state index contributed by atoms with van der Waals surface area (Å²) in [6, 6.07) is 14.1. The monoisotopic (exact) mass is 466 g/mol. The predicted molar refractivity (Wildman–Crippen MR) is 118 cm³/mol. The van der Waals surface area contributed by atoms with Crippen molar-refractivity contribution in [2.75, 3.05) is 10.6 Å². The predicted octanol–water partition coefficient (Wildman–Crippen LogP) is 4.49. The van der Waals surface area contributed by atoms with Crippen molar-refractivity contribution in [3.05, 3.63) is 95.3 Å². The summed E-state index contributed by atoms with van der Waals surface area (Å²) in [5.41, 5.74) is 0.699. The van der Waals surface area contributed by atoms with Crippen LogP contribution in [0.5, 0.6) is 0 Å². The number of nitrogens with one attached hydrogen (secondary N) is 2. The molecule has 2 aromatic heterocycles. The first-order valence-electron chi connectivity index (χ1n) is 9.95. The lowest BCUT2D eigenvalue weighted by Crippen LogP contribution is -2.17.